The van der Waals surface area contributed by atoms with Crippen LogP contribution in [0.1, 0.15) is 38.5 Å². The number of nitrogens with one attached hydrogen (secondary N) is 1. The predicted molar refractivity (Wildman–Crippen MR) is 66.8 cm³/mol. The number of rotatable bonds is 6. The lowest BCUT2D eigenvalue weighted by molar-refractivity contribution is -0.123. The van der Waals surface area contributed by atoms with Crippen molar-refractivity contribution >= 4 is 18.3 Å². The van der Waals surface area contributed by atoms with Gasteiger partial charge in [-0.05, 0) is 19.3 Å². The SMILES string of the molecule is COCCCC(=O)NC1(CN)CCCC1.Cl. The number of carbonyl (C=O) groups excluding carboxylic acids is 1. The summed E-state index contributed by atoms with van der Waals surface area (Å²) in [5.41, 5.74) is 5.63. The highest BCUT2D eigenvalue weighted by molar-refractivity contribution is 5.85. The molecule has 0 spiro atoms. The molecule has 0 aromatic heterocycles. The van der Waals surface area contributed by atoms with Crippen LogP contribution in [-0.2, 0) is 9.53 Å². The monoisotopic (exact) mass is 250 g/mol. The molecule has 96 valence electrons. The van der Waals surface area contributed by atoms with Crippen molar-refractivity contribution in [3.63, 3.8) is 0 Å². The standard InChI is InChI=1S/C11H22N2O2.ClH/c1-15-8-4-5-10(14)13-11(9-12)6-2-3-7-11;/h2-9,12H2,1H3,(H,13,14);1H. The van der Waals surface area contributed by atoms with E-state index in [4.69, 9.17) is 10.5 Å². The van der Waals surface area contributed by atoms with Crippen molar-refractivity contribution in [2.24, 2.45) is 5.73 Å². The molecule has 1 aliphatic carbocycles. The van der Waals surface area contributed by atoms with Crippen molar-refractivity contribution in [2.75, 3.05) is 20.3 Å². The van der Waals surface area contributed by atoms with Crippen LogP contribution in [0.15, 0.2) is 0 Å². The summed E-state index contributed by atoms with van der Waals surface area (Å²) in [5, 5.41) is 3.08. The normalized spacial score (nSPS) is 17.9. The molecule has 16 heavy (non-hydrogen) atoms. The average Bonchev–Trinajstić information content (AvgIpc) is 2.67. The highest BCUT2D eigenvalue weighted by atomic mass is 35.5. The predicted octanol–water partition coefficient (Wildman–Crippen LogP) is 1.22. The van der Waals surface area contributed by atoms with Gasteiger partial charge in [-0.25, -0.2) is 0 Å². The minimum atomic E-state index is -0.107. The molecule has 0 aromatic rings. The first kappa shape index (κ1) is 15.7. The van der Waals surface area contributed by atoms with Gasteiger partial charge >= 0.3 is 0 Å². The lowest BCUT2D eigenvalue weighted by Crippen LogP contribution is -2.51. The molecule has 1 fully saturated rings. The molecule has 1 aliphatic rings. The molecule has 1 rings (SSSR count). The van der Waals surface area contributed by atoms with Gasteiger partial charge in [0.15, 0.2) is 0 Å². The summed E-state index contributed by atoms with van der Waals surface area (Å²) in [6.45, 7) is 1.20. The van der Waals surface area contributed by atoms with Gasteiger partial charge in [-0.1, -0.05) is 12.8 Å². The van der Waals surface area contributed by atoms with Crippen LogP contribution >= 0.6 is 12.4 Å². The van der Waals surface area contributed by atoms with E-state index < -0.39 is 0 Å². The Balaban J connectivity index is 0.00000225. The second-order valence-electron chi connectivity index (χ2n) is 4.34. The second kappa shape index (κ2) is 7.87. The van der Waals surface area contributed by atoms with Crippen LogP contribution in [0.4, 0.5) is 0 Å². The summed E-state index contributed by atoms with van der Waals surface area (Å²) in [7, 11) is 1.65. The quantitative estimate of drug-likeness (QED) is 0.697. The van der Waals surface area contributed by atoms with Gasteiger partial charge < -0.3 is 15.8 Å². The summed E-state index contributed by atoms with van der Waals surface area (Å²) < 4.78 is 4.91. The van der Waals surface area contributed by atoms with E-state index in [9.17, 15) is 4.79 Å². The number of hydrogen-bond donors (Lipinski definition) is 2. The molecule has 3 N–H and O–H groups in total. The lowest BCUT2D eigenvalue weighted by Gasteiger charge is -2.28. The van der Waals surface area contributed by atoms with Crippen molar-refractivity contribution in [3.8, 4) is 0 Å². The van der Waals surface area contributed by atoms with E-state index in [0.717, 1.165) is 19.3 Å². The molecule has 1 saturated carbocycles. The number of ether oxygens (including phenoxy) is 1. The smallest absolute Gasteiger partial charge is 0.220 e. The Hall–Kier alpha value is -0.320. The van der Waals surface area contributed by atoms with Crippen LogP contribution in [0, 0.1) is 0 Å². The molecule has 0 heterocycles. The summed E-state index contributed by atoms with van der Waals surface area (Å²) in [4.78, 5) is 11.6. The van der Waals surface area contributed by atoms with Crippen molar-refractivity contribution < 1.29 is 9.53 Å². The van der Waals surface area contributed by atoms with Crippen molar-refractivity contribution in [1.29, 1.82) is 0 Å². The fraction of sp³-hybridized carbons (Fsp3) is 0.909. The topological polar surface area (TPSA) is 64.3 Å². The first-order valence-electron chi connectivity index (χ1n) is 5.72. The Morgan fingerprint density at radius 1 is 1.44 bits per heavy atom. The van der Waals surface area contributed by atoms with E-state index >= 15 is 0 Å². The number of hydrogen-bond acceptors (Lipinski definition) is 3. The fourth-order valence-electron chi connectivity index (χ4n) is 2.17. The zero-order valence-electron chi connectivity index (χ0n) is 9.96. The molecule has 0 aliphatic heterocycles. The average molecular weight is 251 g/mol. The van der Waals surface area contributed by atoms with Gasteiger partial charge in [0.1, 0.15) is 0 Å². The number of nitrogens with two attached hydrogens (primary N) is 1. The fourth-order valence-corrected chi connectivity index (χ4v) is 2.17. The minimum Gasteiger partial charge on any atom is -0.385 e. The first-order valence-corrected chi connectivity index (χ1v) is 5.72. The van der Waals surface area contributed by atoms with Gasteiger partial charge in [-0.15, -0.1) is 12.4 Å². The summed E-state index contributed by atoms with van der Waals surface area (Å²) >= 11 is 0. The van der Waals surface area contributed by atoms with Crippen LogP contribution in [0.2, 0.25) is 0 Å². The van der Waals surface area contributed by atoms with Crippen molar-refractivity contribution in [3.05, 3.63) is 0 Å². The zero-order valence-corrected chi connectivity index (χ0v) is 10.8. The lowest BCUT2D eigenvalue weighted by atomic mass is 9.97. The van der Waals surface area contributed by atoms with Crippen molar-refractivity contribution in [1.82, 2.24) is 5.32 Å². The molecule has 0 saturated heterocycles. The Kier molecular flexibility index (Phi) is 7.72. The van der Waals surface area contributed by atoms with E-state index in [1.54, 1.807) is 7.11 Å². The van der Waals surface area contributed by atoms with Gasteiger partial charge in [0.05, 0.1) is 5.54 Å². The van der Waals surface area contributed by atoms with Gasteiger partial charge in [-0.2, -0.15) is 0 Å². The highest BCUT2D eigenvalue weighted by Crippen LogP contribution is 2.28. The van der Waals surface area contributed by atoms with Gasteiger partial charge in [0.25, 0.3) is 0 Å². The first-order chi connectivity index (χ1) is 7.22. The molecule has 4 nitrogen and oxygen atoms in total. The molecule has 0 atom stereocenters. The Morgan fingerprint density at radius 2 is 2.06 bits per heavy atom. The highest BCUT2D eigenvalue weighted by Gasteiger charge is 2.33. The number of carbonyl (C=O) groups is 1. The molecular weight excluding hydrogens is 228 g/mol. The Labute approximate surface area is 104 Å². The van der Waals surface area contributed by atoms with E-state index in [1.165, 1.54) is 12.8 Å². The third-order valence-electron chi connectivity index (χ3n) is 3.11. The van der Waals surface area contributed by atoms with E-state index in [1.807, 2.05) is 0 Å². The van der Waals surface area contributed by atoms with Gasteiger partial charge in [-0.3, -0.25) is 4.79 Å². The molecule has 0 radical (unpaired) electrons. The molecule has 0 aromatic carbocycles. The van der Waals surface area contributed by atoms with E-state index in [-0.39, 0.29) is 23.9 Å². The summed E-state index contributed by atoms with van der Waals surface area (Å²) in [5.74, 6) is 0.111. The molecule has 5 heteroatoms. The minimum absolute atomic E-state index is 0. The Bertz CT molecular complexity index is 206. The summed E-state index contributed by atoms with van der Waals surface area (Å²) in [6, 6.07) is 0. The maximum atomic E-state index is 11.6. The maximum Gasteiger partial charge on any atom is 0.220 e. The number of amides is 1. The third kappa shape index (κ3) is 4.68. The second-order valence-corrected chi connectivity index (χ2v) is 4.34. The Morgan fingerprint density at radius 3 is 2.56 bits per heavy atom. The molecule has 0 unspecified atom stereocenters. The van der Waals surface area contributed by atoms with Crippen LogP contribution in [0.3, 0.4) is 0 Å². The molecular formula is C11H23ClN2O2. The van der Waals surface area contributed by atoms with E-state index in [2.05, 4.69) is 5.32 Å². The van der Waals surface area contributed by atoms with Gasteiger partial charge in [0, 0.05) is 26.7 Å². The van der Waals surface area contributed by atoms with Crippen LogP contribution < -0.4 is 11.1 Å². The number of methoxy groups -OCH3 is 1. The third-order valence-corrected chi connectivity index (χ3v) is 3.11. The summed E-state index contributed by atoms with van der Waals surface area (Å²) in [6.07, 6.45) is 5.72. The molecule has 1 amide bonds. The number of halogens is 1. The maximum absolute atomic E-state index is 11.6. The van der Waals surface area contributed by atoms with Crippen molar-refractivity contribution in [2.45, 2.75) is 44.1 Å². The van der Waals surface area contributed by atoms with Crippen LogP contribution in [0.25, 0.3) is 0 Å². The largest absolute Gasteiger partial charge is 0.385 e. The van der Waals surface area contributed by atoms with Gasteiger partial charge in [0.2, 0.25) is 5.91 Å². The zero-order chi connectivity index (χ0) is 11.1. The van der Waals surface area contributed by atoms with E-state index in [0.29, 0.717) is 19.6 Å². The van der Waals surface area contributed by atoms with Crippen LogP contribution in [-0.4, -0.2) is 31.7 Å². The molecule has 0 bridgehead atoms. The van der Waals surface area contributed by atoms with Crippen LogP contribution in [0.5, 0.6) is 0 Å².